The molecule has 0 spiro atoms. The Morgan fingerprint density at radius 1 is 1.23 bits per heavy atom. The summed E-state index contributed by atoms with van der Waals surface area (Å²) in [6.07, 6.45) is 6.48. The molecule has 1 saturated heterocycles. The fourth-order valence-electron chi connectivity index (χ4n) is 5.05. The number of aromatic nitrogens is 6. The van der Waals surface area contributed by atoms with Gasteiger partial charge in [-0.05, 0) is 37.3 Å². The second-order valence-electron chi connectivity index (χ2n) is 9.54. The van der Waals surface area contributed by atoms with E-state index in [1.807, 2.05) is 4.57 Å². The number of rotatable bonds is 6. The number of nitrogen functional groups attached to an aromatic ring is 1. The van der Waals surface area contributed by atoms with Gasteiger partial charge >= 0.3 is 6.61 Å². The molecule has 1 aliphatic heterocycles. The first-order chi connectivity index (χ1) is 18.8. The fraction of sp³-hybridized carbons (Fsp3) is 0.346. The number of hydrogen-bond acceptors (Lipinski definition) is 7. The number of nitrogens with two attached hydrogens (primary N) is 1. The third-order valence-electron chi connectivity index (χ3n) is 7.05. The average Bonchev–Trinajstić information content (AvgIpc) is 3.37. The Hall–Kier alpha value is -4.44. The Morgan fingerprint density at radius 3 is 2.79 bits per heavy atom. The van der Waals surface area contributed by atoms with Crippen molar-refractivity contribution in [3.8, 4) is 11.8 Å². The number of imidazole rings is 1. The topological polar surface area (TPSA) is 117 Å². The Balaban J connectivity index is 1.36. The number of ether oxygens (including phenoxy) is 1. The summed E-state index contributed by atoms with van der Waals surface area (Å²) in [5.74, 6) is 4.96. The number of benzene rings is 1. The molecule has 200 valence electrons. The van der Waals surface area contributed by atoms with Crippen LogP contribution in [0.5, 0.6) is 0 Å². The van der Waals surface area contributed by atoms with Crippen LogP contribution in [0.2, 0.25) is 0 Å². The lowest BCUT2D eigenvalue weighted by Gasteiger charge is -2.22. The summed E-state index contributed by atoms with van der Waals surface area (Å²) in [6, 6.07) is 2.33. The quantitative estimate of drug-likeness (QED) is 0.297. The molecule has 1 aromatic carbocycles. The Kier molecular flexibility index (Phi) is 6.19. The van der Waals surface area contributed by atoms with Crippen molar-refractivity contribution in [2.24, 2.45) is 0 Å². The van der Waals surface area contributed by atoms with E-state index >= 15 is 4.39 Å². The molecule has 4 aromatic rings. The molecule has 1 saturated carbocycles. The lowest BCUT2D eigenvalue weighted by molar-refractivity contribution is -0.146. The number of likely N-dealkylation sites (tertiary alicyclic amines) is 1. The van der Waals surface area contributed by atoms with Gasteiger partial charge in [0.2, 0.25) is 5.91 Å². The number of carbonyl (C=O) groups excluding carboxylic acids is 1. The number of carbonyl (C=O) groups is 1. The first-order valence-corrected chi connectivity index (χ1v) is 12.3. The van der Waals surface area contributed by atoms with Crippen LogP contribution in [0.25, 0.3) is 22.1 Å². The predicted molar refractivity (Wildman–Crippen MR) is 135 cm³/mol. The van der Waals surface area contributed by atoms with Crippen molar-refractivity contribution in [2.75, 3.05) is 18.9 Å². The van der Waals surface area contributed by atoms with E-state index < -0.39 is 30.4 Å². The summed E-state index contributed by atoms with van der Waals surface area (Å²) in [5.41, 5.74) is 8.23. The lowest BCUT2D eigenvalue weighted by atomic mass is 10.1. The number of nitrogens with zero attached hydrogens (tertiary/aromatic N) is 7. The van der Waals surface area contributed by atoms with Crippen LogP contribution >= 0.6 is 0 Å². The number of alkyl halides is 2. The van der Waals surface area contributed by atoms with Crippen molar-refractivity contribution in [2.45, 2.75) is 44.0 Å². The standard InChI is InChI=1S/C26H23F3N8O2/c1-2-22(38)35-10-16(8-17(35)11-39-26(28)29)37-25-23(24(30)31-12-32-25)19(34-37)6-3-14-7-20-21(9-18(14)27)36(13-33-20)15-4-5-15/h2,7,9,12-13,15-17,26H,1,4-5,8,10-11H2,(H2,30,31,32)/t16?,17-/m1/s1. The van der Waals surface area contributed by atoms with Crippen LogP contribution in [-0.4, -0.2) is 65.9 Å². The number of hydrogen-bond donors (Lipinski definition) is 1. The van der Waals surface area contributed by atoms with Gasteiger partial charge in [-0.2, -0.15) is 13.9 Å². The number of fused-ring (bicyclic) bond motifs is 2. The highest BCUT2D eigenvalue weighted by Gasteiger charge is 2.37. The monoisotopic (exact) mass is 536 g/mol. The van der Waals surface area contributed by atoms with Crippen molar-refractivity contribution in [1.29, 1.82) is 0 Å². The first kappa shape index (κ1) is 24.9. The molecule has 39 heavy (non-hydrogen) atoms. The number of halogens is 3. The van der Waals surface area contributed by atoms with Gasteiger partial charge in [-0.1, -0.05) is 12.5 Å². The molecule has 6 rings (SSSR count). The predicted octanol–water partition coefficient (Wildman–Crippen LogP) is 3.20. The highest BCUT2D eigenvalue weighted by molar-refractivity contribution is 5.91. The van der Waals surface area contributed by atoms with E-state index in [1.54, 1.807) is 17.1 Å². The molecule has 10 nitrogen and oxygen atoms in total. The van der Waals surface area contributed by atoms with Gasteiger partial charge in [0.15, 0.2) is 5.65 Å². The summed E-state index contributed by atoms with van der Waals surface area (Å²) in [7, 11) is 0. The molecule has 2 atom stereocenters. The van der Waals surface area contributed by atoms with E-state index in [0.717, 1.165) is 24.4 Å². The molecular formula is C26H23F3N8O2. The van der Waals surface area contributed by atoms with Gasteiger partial charge in [0.1, 0.15) is 23.7 Å². The lowest BCUT2D eigenvalue weighted by Crippen LogP contribution is -2.37. The van der Waals surface area contributed by atoms with Crippen molar-refractivity contribution in [1.82, 2.24) is 34.2 Å². The number of anilines is 1. The van der Waals surface area contributed by atoms with E-state index in [9.17, 15) is 13.6 Å². The molecule has 1 aliphatic carbocycles. The van der Waals surface area contributed by atoms with Crippen LogP contribution in [0.1, 0.15) is 42.6 Å². The Morgan fingerprint density at radius 2 is 2.05 bits per heavy atom. The first-order valence-electron chi connectivity index (χ1n) is 12.3. The van der Waals surface area contributed by atoms with Gasteiger partial charge < -0.3 is 19.9 Å². The zero-order chi connectivity index (χ0) is 27.3. The molecular weight excluding hydrogens is 513 g/mol. The normalized spacial score (nSPS) is 19.1. The fourth-order valence-corrected chi connectivity index (χ4v) is 5.05. The molecule has 2 aliphatic rings. The zero-order valence-electron chi connectivity index (χ0n) is 20.6. The van der Waals surface area contributed by atoms with E-state index in [4.69, 9.17) is 5.73 Å². The van der Waals surface area contributed by atoms with E-state index in [2.05, 4.69) is 43.2 Å². The molecule has 2 N–H and O–H groups in total. The molecule has 13 heteroatoms. The van der Waals surface area contributed by atoms with E-state index in [-0.39, 0.29) is 36.6 Å². The summed E-state index contributed by atoms with van der Waals surface area (Å²) >= 11 is 0. The van der Waals surface area contributed by atoms with Crippen LogP contribution in [-0.2, 0) is 9.53 Å². The molecule has 0 radical (unpaired) electrons. The molecule has 4 heterocycles. The molecule has 3 aromatic heterocycles. The summed E-state index contributed by atoms with van der Waals surface area (Å²) < 4.78 is 48.5. The van der Waals surface area contributed by atoms with Crippen LogP contribution in [0.15, 0.2) is 37.4 Å². The van der Waals surface area contributed by atoms with Crippen LogP contribution in [0.4, 0.5) is 19.0 Å². The number of amides is 1. The second-order valence-corrected chi connectivity index (χ2v) is 9.54. The van der Waals surface area contributed by atoms with Gasteiger partial charge in [0, 0.05) is 18.7 Å². The smallest absolute Gasteiger partial charge is 0.345 e. The van der Waals surface area contributed by atoms with E-state index in [0.29, 0.717) is 22.6 Å². The highest BCUT2D eigenvalue weighted by atomic mass is 19.3. The van der Waals surface area contributed by atoms with Crippen LogP contribution in [0, 0.1) is 17.7 Å². The maximum absolute atomic E-state index is 15.0. The minimum Gasteiger partial charge on any atom is -0.383 e. The second kappa shape index (κ2) is 9.70. The van der Waals surface area contributed by atoms with Gasteiger partial charge in [-0.3, -0.25) is 4.79 Å². The summed E-state index contributed by atoms with van der Waals surface area (Å²) in [6.45, 7) is 0.335. The van der Waals surface area contributed by atoms with Crippen molar-refractivity contribution in [3.05, 3.63) is 54.5 Å². The molecule has 1 amide bonds. The zero-order valence-corrected chi connectivity index (χ0v) is 20.6. The molecule has 0 bridgehead atoms. The maximum Gasteiger partial charge on any atom is 0.345 e. The van der Waals surface area contributed by atoms with Gasteiger partial charge in [0.05, 0.1) is 47.0 Å². The third kappa shape index (κ3) is 4.57. The maximum atomic E-state index is 15.0. The summed E-state index contributed by atoms with van der Waals surface area (Å²) in [4.78, 5) is 26.6. The van der Waals surface area contributed by atoms with Crippen LogP contribution in [0.3, 0.4) is 0 Å². The van der Waals surface area contributed by atoms with Gasteiger partial charge in [-0.25, -0.2) is 24.0 Å². The molecule has 1 unspecified atom stereocenters. The van der Waals surface area contributed by atoms with Gasteiger partial charge in [0.25, 0.3) is 0 Å². The van der Waals surface area contributed by atoms with E-state index in [1.165, 1.54) is 17.3 Å². The van der Waals surface area contributed by atoms with Crippen molar-refractivity contribution < 1.29 is 22.7 Å². The minimum atomic E-state index is -2.97. The summed E-state index contributed by atoms with van der Waals surface area (Å²) in [5, 5.41) is 4.96. The minimum absolute atomic E-state index is 0.129. The SMILES string of the molecule is C=CC(=O)N1CC(n2nc(C#Cc3cc4ncn(C5CC5)c4cc3F)c3c(N)ncnc32)C[C@@H]1COC(F)F. The van der Waals surface area contributed by atoms with Crippen molar-refractivity contribution in [3.63, 3.8) is 0 Å². The Bertz CT molecular complexity index is 1670. The van der Waals surface area contributed by atoms with Crippen molar-refractivity contribution >= 4 is 33.8 Å². The third-order valence-corrected chi connectivity index (χ3v) is 7.05. The Labute approximate surface area is 220 Å². The molecule has 2 fully saturated rings. The van der Waals surface area contributed by atoms with Crippen LogP contribution < -0.4 is 5.73 Å². The van der Waals surface area contributed by atoms with Gasteiger partial charge in [-0.15, -0.1) is 0 Å². The average molecular weight is 537 g/mol. The largest absolute Gasteiger partial charge is 0.383 e. The highest BCUT2D eigenvalue weighted by Crippen LogP contribution is 2.37.